The lowest BCUT2D eigenvalue weighted by Crippen LogP contribution is -2.46. The Morgan fingerprint density at radius 1 is 1.00 bits per heavy atom. The summed E-state index contributed by atoms with van der Waals surface area (Å²) in [6.45, 7) is 3.87. The maximum absolute atomic E-state index is 15.0. The van der Waals surface area contributed by atoms with Crippen molar-refractivity contribution in [1.82, 2.24) is 30.0 Å². The fourth-order valence-corrected chi connectivity index (χ4v) is 4.20. The summed E-state index contributed by atoms with van der Waals surface area (Å²) in [7, 11) is 0. The number of aryl methyl sites for hydroxylation is 1. The summed E-state index contributed by atoms with van der Waals surface area (Å²) in [5.41, 5.74) is 0.893. The molecular formula is C23H20F5N7O. The van der Waals surface area contributed by atoms with Crippen molar-refractivity contribution >= 4 is 16.6 Å². The van der Waals surface area contributed by atoms with Crippen LogP contribution in [0.5, 0.6) is 0 Å². The van der Waals surface area contributed by atoms with Gasteiger partial charge in [-0.15, -0.1) is 10.2 Å². The Kier molecular flexibility index (Phi) is 5.94. The molecule has 0 amide bonds. The van der Waals surface area contributed by atoms with Crippen LogP contribution < -0.4 is 10.5 Å². The van der Waals surface area contributed by atoms with Crippen LogP contribution in [0.2, 0.25) is 0 Å². The third-order valence-electron chi connectivity index (χ3n) is 6.16. The minimum Gasteiger partial charge on any atom is -0.365 e. The first-order valence-corrected chi connectivity index (χ1v) is 11.1. The van der Waals surface area contributed by atoms with Gasteiger partial charge in [-0.1, -0.05) is 12.1 Å². The molecular weight excluding hydrogens is 485 g/mol. The summed E-state index contributed by atoms with van der Waals surface area (Å²) in [6, 6.07) is 7.91. The lowest BCUT2D eigenvalue weighted by molar-refractivity contribution is -0.144. The van der Waals surface area contributed by atoms with Crippen molar-refractivity contribution in [1.29, 1.82) is 0 Å². The minimum absolute atomic E-state index is 0.0992. The summed E-state index contributed by atoms with van der Waals surface area (Å²) in [6.07, 6.45) is -4.70. The van der Waals surface area contributed by atoms with Crippen LogP contribution >= 0.6 is 0 Å². The van der Waals surface area contributed by atoms with Gasteiger partial charge < -0.3 is 14.9 Å². The van der Waals surface area contributed by atoms with Gasteiger partial charge in [-0.3, -0.25) is 9.69 Å². The van der Waals surface area contributed by atoms with Crippen molar-refractivity contribution in [2.24, 2.45) is 0 Å². The summed E-state index contributed by atoms with van der Waals surface area (Å²) < 4.78 is 67.9. The molecule has 0 radical (unpaired) electrons. The van der Waals surface area contributed by atoms with E-state index in [0.717, 1.165) is 0 Å². The number of benzene rings is 1. The zero-order valence-corrected chi connectivity index (χ0v) is 19.0. The number of anilines is 1. The molecule has 36 heavy (non-hydrogen) atoms. The Morgan fingerprint density at radius 3 is 2.42 bits per heavy atom. The van der Waals surface area contributed by atoms with Gasteiger partial charge in [0.2, 0.25) is 11.8 Å². The molecule has 1 aliphatic rings. The number of rotatable bonds is 4. The lowest BCUT2D eigenvalue weighted by Gasteiger charge is -2.36. The normalized spacial score (nSPS) is 15.1. The highest BCUT2D eigenvalue weighted by Crippen LogP contribution is 2.28. The van der Waals surface area contributed by atoms with E-state index in [-0.39, 0.29) is 28.3 Å². The molecule has 0 bridgehead atoms. The summed E-state index contributed by atoms with van der Waals surface area (Å²) in [4.78, 5) is 24.0. The number of aromatic nitrogens is 5. The number of halogens is 5. The number of aromatic amines is 2. The fraction of sp³-hybridized carbons (Fsp3) is 0.304. The molecule has 0 spiro atoms. The Morgan fingerprint density at radius 2 is 1.75 bits per heavy atom. The lowest BCUT2D eigenvalue weighted by atomic mass is 10.1. The number of piperazine rings is 1. The quantitative estimate of drug-likeness (QED) is 0.325. The smallest absolute Gasteiger partial charge is 0.365 e. The van der Waals surface area contributed by atoms with Crippen molar-refractivity contribution in [2.75, 3.05) is 31.1 Å². The highest BCUT2D eigenvalue weighted by Gasteiger charge is 2.35. The van der Waals surface area contributed by atoms with Gasteiger partial charge >= 0.3 is 6.18 Å². The van der Waals surface area contributed by atoms with Gasteiger partial charge in [0.05, 0.1) is 11.2 Å². The highest BCUT2D eigenvalue weighted by atomic mass is 19.4. The molecule has 0 atom stereocenters. The van der Waals surface area contributed by atoms with Crippen LogP contribution in [-0.4, -0.2) is 56.2 Å². The van der Waals surface area contributed by atoms with Gasteiger partial charge in [0.25, 0.3) is 5.56 Å². The number of H-pyrrole nitrogens is 2. The van der Waals surface area contributed by atoms with Crippen molar-refractivity contribution in [2.45, 2.75) is 19.6 Å². The number of fused-ring (bicyclic) bond motifs is 1. The summed E-state index contributed by atoms with van der Waals surface area (Å²) >= 11 is 0. The molecule has 1 fully saturated rings. The van der Waals surface area contributed by atoms with Crippen molar-refractivity contribution < 1.29 is 22.0 Å². The first kappa shape index (κ1) is 23.9. The number of hydrogen-bond acceptors (Lipinski definition) is 6. The molecule has 3 aromatic heterocycles. The second kappa shape index (κ2) is 8.97. The van der Waals surface area contributed by atoms with Gasteiger partial charge in [-0.05, 0) is 25.1 Å². The van der Waals surface area contributed by atoms with Crippen LogP contribution in [0, 0.1) is 18.7 Å². The van der Waals surface area contributed by atoms with E-state index in [9.17, 15) is 22.4 Å². The Hall–Kier alpha value is -3.87. The number of pyridine rings is 2. The first-order chi connectivity index (χ1) is 17.1. The van der Waals surface area contributed by atoms with Crippen LogP contribution in [0.15, 0.2) is 35.1 Å². The Bertz CT molecular complexity index is 1490. The van der Waals surface area contributed by atoms with E-state index in [2.05, 4.69) is 20.2 Å². The van der Waals surface area contributed by atoms with Gasteiger partial charge in [0.15, 0.2) is 11.6 Å². The molecule has 8 nitrogen and oxygen atoms in total. The van der Waals surface area contributed by atoms with E-state index in [0.29, 0.717) is 49.2 Å². The zero-order chi connectivity index (χ0) is 25.6. The Labute approximate surface area is 200 Å². The predicted molar refractivity (Wildman–Crippen MR) is 121 cm³/mol. The average Bonchev–Trinajstić information content (AvgIpc) is 3.34. The largest absolute Gasteiger partial charge is 0.451 e. The number of nitrogens with zero attached hydrogens (tertiary/aromatic N) is 5. The van der Waals surface area contributed by atoms with E-state index in [1.165, 1.54) is 12.1 Å². The molecule has 0 aliphatic carbocycles. The summed E-state index contributed by atoms with van der Waals surface area (Å²) in [5, 5.41) is 7.04. The highest BCUT2D eigenvalue weighted by molar-refractivity contribution is 5.80. The molecule has 0 unspecified atom stereocenters. The second-order valence-corrected chi connectivity index (χ2v) is 8.57. The number of hydrogen-bond donors (Lipinski definition) is 2. The van der Waals surface area contributed by atoms with Gasteiger partial charge in [-0.2, -0.15) is 17.6 Å². The number of nitrogens with one attached hydrogen (secondary N) is 2. The van der Waals surface area contributed by atoms with E-state index in [1.807, 2.05) is 9.88 Å². The summed E-state index contributed by atoms with van der Waals surface area (Å²) in [5.74, 6) is -2.89. The number of alkyl halides is 3. The molecule has 13 heteroatoms. The van der Waals surface area contributed by atoms with E-state index in [4.69, 9.17) is 0 Å². The standard InChI is InChI=1S/C23H20F5N7O/c1-12-10-13-2-3-14(17(24)18(13)30-21(12)36)11-34-6-8-35(9-7-34)16-5-4-15(29-19(16)25)20-31-22(33-32-20)23(26,27)28/h2-5,10H,6-9,11H2,1H3,(H,30,36)(H,31,32,33). The first-order valence-electron chi connectivity index (χ1n) is 11.1. The van der Waals surface area contributed by atoms with Crippen molar-refractivity contribution in [3.63, 3.8) is 0 Å². The fourth-order valence-electron chi connectivity index (χ4n) is 4.20. The topological polar surface area (TPSA) is 93.8 Å². The third kappa shape index (κ3) is 4.53. The van der Waals surface area contributed by atoms with Gasteiger partial charge in [-0.25, -0.2) is 9.37 Å². The van der Waals surface area contributed by atoms with Crippen LogP contribution in [-0.2, 0) is 12.7 Å². The van der Waals surface area contributed by atoms with Crippen molar-refractivity contribution in [3.05, 3.63) is 69.4 Å². The zero-order valence-electron chi connectivity index (χ0n) is 19.0. The molecule has 1 aromatic carbocycles. The van der Waals surface area contributed by atoms with Gasteiger partial charge in [0.1, 0.15) is 5.69 Å². The predicted octanol–water partition coefficient (Wildman–Crippen LogP) is 3.64. The molecule has 5 rings (SSSR count). The van der Waals surface area contributed by atoms with Crippen LogP contribution in [0.1, 0.15) is 17.0 Å². The molecule has 188 valence electrons. The molecule has 1 saturated heterocycles. The molecule has 4 heterocycles. The van der Waals surface area contributed by atoms with E-state index < -0.39 is 23.8 Å². The minimum atomic E-state index is -4.70. The van der Waals surface area contributed by atoms with Crippen molar-refractivity contribution in [3.8, 4) is 11.5 Å². The third-order valence-corrected chi connectivity index (χ3v) is 6.16. The van der Waals surface area contributed by atoms with Crippen LogP contribution in [0.25, 0.3) is 22.4 Å². The molecule has 1 aliphatic heterocycles. The van der Waals surface area contributed by atoms with E-state index in [1.54, 1.807) is 30.0 Å². The molecule has 2 N–H and O–H groups in total. The van der Waals surface area contributed by atoms with Crippen LogP contribution in [0.3, 0.4) is 0 Å². The molecule has 4 aromatic rings. The average molecular weight is 505 g/mol. The molecule has 0 saturated carbocycles. The van der Waals surface area contributed by atoms with E-state index >= 15 is 4.39 Å². The maximum Gasteiger partial charge on any atom is 0.451 e. The second-order valence-electron chi connectivity index (χ2n) is 8.57. The SMILES string of the molecule is Cc1cc2ccc(CN3CCN(c4ccc(-c5nnc(C(F)(F)F)[nH]5)nc4F)CC3)c(F)c2[nH]c1=O. The van der Waals surface area contributed by atoms with Gasteiger partial charge in [0, 0.05) is 49.2 Å². The monoisotopic (exact) mass is 505 g/mol. The van der Waals surface area contributed by atoms with Crippen LogP contribution in [0.4, 0.5) is 27.6 Å². The maximum atomic E-state index is 15.0. The Balaban J connectivity index is 1.26.